The molecule has 3 aromatic carbocycles. The van der Waals surface area contributed by atoms with Gasteiger partial charge in [-0.2, -0.15) is 4.68 Å². The van der Waals surface area contributed by atoms with Gasteiger partial charge in [0.25, 0.3) is 0 Å². The smallest absolute Gasteiger partial charge is 0.288 e. The molecule has 4 rings (SSSR count). The number of hydrogen-bond acceptors (Lipinski definition) is 2. The fraction of sp³-hybridized carbons (Fsp3) is 0. The average molecular weight is 459 g/mol. The van der Waals surface area contributed by atoms with Crippen molar-refractivity contribution < 1.29 is 4.39 Å². The van der Waals surface area contributed by atoms with Crippen LogP contribution in [0.5, 0.6) is 0 Å². The van der Waals surface area contributed by atoms with E-state index in [-0.39, 0.29) is 16.4 Å². The van der Waals surface area contributed by atoms with Crippen molar-refractivity contribution in [2.75, 3.05) is 0 Å². The van der Waals surface area contributed by atoms with Crippen molar-refractivity contribution in [2.24, 2.45) is 0 Å². The first-order chi connectivity index (χ1) is 14.4. The van der Waals surface area contributed by atoms with Crippen molar-refractivity contribution in [3.63, 3.8) is 0 Å². The van der Waals surface area contributed by atoms with Gasteiger partial charge in [0.1, 0.15) is 5.82 Å². The summed E-state index contributed by atoms with van der Waals surface area (Å²) in [5.41, 5.74) is 1.32. The van der Waals surface area contributed by atoms with Crippen LogP contribution < -0.4 is 5.69 Å². The molecule has 4 aromatic rings. The van der Waals surface area contributed by atoms with Gasteiger partial charge < -0.3 is 0 Å². The molecule has 0 spiro atoms. The van der Waals surface area contributed by atoms with Gasteiger partial charge in [-0.05, 0) is 54.6 Å². The lowest BCUT2D eigenvalue weighted by Gasteiger charge is -2.02. The first kappa shape index (κ1) is 20.2. The SMILES string of the molecule is O=c1[nH]c(-c2c(F)cccc2Cl)nn1-c1ccc(C#Cc2cc(Cl)ccc2Cl)cc1. The van der Waals surface area contributed by atoms with Crippen molar-refractivity contribution in [1.82, 2.24) is 14.8 Å². The molecule has 8 heteroatoms. The van der Waals surface area contributed by atoms with Crippen LogP contribution in [0, 0.1) is 17.7 Å². The Morgan fingerprint density at radius 3 is 2.43 bits per heavy atom. The molecule has 0 bridgehead atoms. The lowest BCUT2D eigenvalue weighted by molar-refractivity contribution is 0.630. The van der Waals surface area contributed by atoms with Gasteiger partial charge in [-0.1, -0.05) is 52.7 Å². The van der Waals surface area contributed by atoms with Crippen LogP contribution in [0.1, 0.15) is 11.1 Å². The molecule has 0 saturated carbocycles. The molecule has 4 nitrogen and oxygen atoms in total. The van der Waals surface area contributed by atoms with E-state index in [1.165, 1.54) is 18.2 Å². The summed E-state index contributed by atoms with van der Waals surface area (Å²) in [6.45, 7) is 0. The van der Waals surface area contributed by atoms with Gasteiger partial charge in [0.15, 0.2) is 5.82 Å². The average Bonchev–Trinajstić information content (AvgIpc) is 3.10. The summed E-state index contributed by atoms with van der Waals surface area (Å²) in [5.74, 6) is 5.43. The molecule has 1 N–H and O–H groups in total. The molecular weight excluding hydrogens is 448 g/mol. The molecule has 148 valence electrons. The van der Waals surface area contributed by atoms with E-state index in [4.69, 9.17) is 34.8 Å². The molecule has 1 heterocycles. The maximum Gasteiger partial charge on any atom is 0.348 e. The Kier molecular flexibility index (Phi) is 5.65. The van der Waals surface area contributed by atoms with Crippen LogP contribution in [0.4, 0.5) is 4.39 Å². The molecule has 0 unspecified atom stereocenters. The summed E-state index contributed by atoms with van der Waals surface area (Å²) in [4.78, 5) is 14.9. The minimum Gasteiger partial charge on any atom is -0.288 e. The van der Waals surface area contributed by atoms with Gasteiger partial charge in [0.05, 0.1) is 21.3 Å². The summed E-state index contributed by atoms with van der Waals surface area (Å²) >= 11 is 18.1. The summed E-state index contributed by atoms with van der Waals surface area (Å²) in [6.07, 6.45) is 0. The van der Waals surface area contributed by atoms with Crippen LogP contribution in [0.2, 0.25) is 15.1 Å². The van der Waals surface area contributed by atoms with Crippen LogP contribution in [-0.4, -0.2) is 14.8 Å². The topological polar surface area (TPSA) is 50.7 Å². The van der Waals surface area contributed by atoms with Crippen LogP contribution in [0.25, 0.3) is 17.1 Å². The van der Waals surface area contributed by atoms with Gasteiger partial charge in [-0.25, -0.2) is 9.18 Å². The largest absolute Gasteiger partial charge is 0.348 e. The third kappa shape index (κ3) is 4.12. The molecule has 0 aliphatic carbocycles. The van der Waals surface area contributed by atoms with Crippen molar-refractivity contribution in [2.45, 2.75) is 0 Å². The van der Waals surface area contributed by atoms with Crippen LogP contribution in [0.3, 0.4) is 0 Å². The summed E-state index contributed by atoms with van der Waals surface area (Å²) in [5, 5.41) is 5.38. The molecule has 0 fully saturated rings. The normalized spacial score (nSPS) is 10.5. The van der Waals surface area contributed by atoms with Crippen molar-refractivity contribution >= 4 is 34.8 Å². The zero-order valence-electron chi connectivity index (χ0n) is 15.1. The van der Waals surface area contributed by atoms with Gasteiger partial charge in [-0.15, -0.1) is 5.10 Å². The Morgan fingerprint density at radius 1 is 0.933 bits per heavy atom. The first-order valence-electron chi connectivity index (χ1n) is 8.63. The standard InChI is InChI=1S/C22H11Cl3FN3O/c23-15-8-11-17(24)14(12-15)7-4-13-5-9-16(10-6-13)29-22(30)27-21(28-29)20-18(25)2-1-3-19(20)26/h1-3,5-6,8-12H,(H,27,28,30). The van der Waals surface area contributed by atoms with Crippen LogP contribution >= 0.6 is 34.8 Å². The molecule has 0 saturated heterocycles. The van der Waals surface area contributed by atoms with Crippen LogP contribution in [0.15, 0.2) is 65.5 Å². The van der Waals surface area contributed by atoms with E-state index in [0.717, 1.165) is 4.68 Å². The third-order valence-corrected chi connectivity index (χ3v) is 5.08. The zero-order valence-corrected chi connectivity index (χ0v) is 17.4. The minimum absolute atomic E-state index is 0.0379. The van der Waals surface area contributed by atoms with Crippen molar-refractivity contribution in [3.05, 3.63) is 103 Å². The number of nitrogens with one attached hydrogen (secondary N) is 1. The maximum absolute atomic E-state index is 14.1. The molecule has 1 aromatic heterocycles. The Balaban J connectivity index is 1.65. The number of H-pyrrole nitrogens is 1. The number of hydrogen-bond donors (Lipinski definition) is 1. The Labute approximate surface area is 185 Å². The predicted molar refractivity (Wildman–Crippen MR) is 117 cm³/mol. The molecule has 0 radical (unpaired) electrons. The van der Waals surface area contributed by atoms with Gasteiger partial charge in [-0.3, -0.25) is 4.98 Å². The summed E-state index contributed by atoms with van der Waals surface area (Å²) in [7, 11) is 0. The molecular formula is C22H11Cl3FN3O. The second-order valence-electron chi connectivity index (χ2n) is 6.21. The number of aromatic amines is 1. The Morgan fingerprint density at radius 2 is 1.70 bits per heavy atom. The molecule has 30 heavy (non-hydrogen) atoms. The van der Waals surface area contributed by atoms with E-state index in [1.807, 2.05) is 0 Å². The van der Waals surface area contributed by atoms with E-state index in [1.54, 1.807) is 42.5 Å². The van der Waals surface area contributed by atoms with E-state index in [0.29, 0.717) is 26.9 Å². The first-order valence-corrected chi connectivity index (χ1v) is 9.77. The highest BCUT2D eigenvalue weighted by Gasteiger charge is 2.15. The summed E-state index contributed by atoms with van der Waals surface area (Å²) in [6, 6.07) is 16.1. The number of halogens is 4. The number of aromatic nitrogens is 3. The highest BCUT2D eigenvalue weighted by molar-refractivity contribution is 6.34. The van der Waals surface area contributed by atoms with E-state index < -0.39 is 11.5 Å². The second kappa shape index (κ2) is 8.37. The number of rotatable bonds is 2. The quantitative estimate of drug-likeness (QED) is 0.390. The summed E-state index contributed by atoms with van der Waals surface area (Å²) < 4.78 is 15.3. The highest BCUT2D eigenvalue weighted by Crippen LogP contribution is 2.27. The zero-order chi connectivity index (χ0) is 21.3. The monoisotopic (exact) mass is 457 g/mol. The maximum atomic E-state index is 14.1. The Hall–Kier alpha value is -3.04. The fourth-order valence-electron chi connectivity index (χ4n) is 2.75. The molecule has 0 atom stereocenters. The second-order valence-corrected chi connectivity index (χ2v) is 7.46. The number of benzene rings is 3. The van der Waals surface area contributed by atoms with Gasteiger partial charge in [0, 0.05) is 16.1 Å². The molecule has 0 amide bonds. The Bertz CT molecular complexity index is 1340. The molecule has 0 aliphatic rings. The van der Waals surface area contributed by atoms with E-state index >= 15 is 0 Å². The third-order valence-electron chi connectivity index (χ3n) is 4.20. The lowest BCUT2D eigenvalue weighted by atomic mass is 10.1. The van der Waals surface area contributed by atoms with Crippen molar-refractivity contribution in [3.8, 4) is 28.9 Å². The number of nitrogens with zero attached hydrogens (tertiary/aromatic N) is 2. The van der Waals surface area contributed by atoms with Gasteiger partial charge >= 0.3 is 5.69 Å². The highest BCUT2D eigenvalue weighted by atomic mass is 35.5. The van der Waals surface area contributed by atoms with E-state index in [2.05, 4.69) is 21.9 Å². The molecule has 0 aliphatic heterocycles. The minimum atomic E-state index is -0.575. The van der Waals surface area contributed by atoms with E-state index in [9.17, 15) is 9.18 Å². The fourth-order valence-corrected chi connectivity index (χ4v) is 3.34. The van der Waals surface area contributed by atoms with Gasteiger partial charge in [0.2, 0.25) is 0 Å². The van der Waals surface area contributed by atoms with Crippen LogP contribution in [-0.2, 0) is 0 Å². The predicted octanol–water partition coefficient (Wildman–Crippen LogP) is 5.73. The lowest BCUT2D eigenvalue weighted by Crippen LogP contribution is -2.15. The van der Waals surface area contributed by atoms with Crippen molar-refractivity contribution in [1.29, 1.82) is 0 Å².